The van der Waals surface area contributed by atoms with Crippen LogP contribution < -0.4 is 4.72 Å². The summed E-state index contributed by atoms with van der Waals surface area (Å²) in [6.45, 7) is 0.318. The van der Waals surface area contributed by atoms with Crippen molar-refractivity contribution >= 4 is 10.0 Å². The summed E-state index contributed by atoms with van der Waals surface area (Å²) in [5, 5.41) is 14.8. The summed E-state index contributed by atoms with van der Waals surface area (Å²) in [7, 11) is -3.67. The van der Waals surface area contributed by atoms with Gasteiger partial charge in [-0.15, -0.1) is 0 Å². The SMILES string of the molecule is O=S(=O)(NCCn1ccnc1)c1[nH]ncc1CO. The summed E-state index contributed by atoms with van der Waals surface area (Å²) in [5.41, 5.74) is 0.241. The van der Waals surface area contributed by atoms with Gasteiger partial charge in [-0.3, -0.25) is 5.10 Å². The molecular weight excluding hydrogens is 258 g/mol. The van der Waals surface area contributed by atoms with Crippen molar-refractivity contribution in [2.45, 2.75) is 18.2 Å². The number of nitrogens with one attached hydrogen (secondary N) is 2. The van der Waals surface area contributed by atoms with Gasteiger partial charge in [0, 0.05) is 31.0 Å². The number of hydrogen-bond acceptors (Lipinski definition) is 5. The number of aliphatic hydroxyl groups excluding tert-OH is 1. The van der Waals surface area contributed by atoms with Gasteiger partial charge in [-0.05, 0) is 0 Å². The van der Waals surface area contributed by atoms with Crippen molar-refractivity contribution in [1.82, 2.24) is 24.5 Å². The zero-order valence-electron chi connectivity index (χ0n) is 9.44. The molecule has 8 nitrogen and oxygen atoms in total. The number of H-pyrrole nitrogens is 1. The van der Waals surface area contributed by atoms with Crippen LogP contribution in [0.15, 0.2) is 29.9 Å². The lowest BCUT2D eigenvalue weighted by atomic mass is 10.4. The first kappa shape index (κ1) is 12.7. The van der Waals surface area contributed by atoms with Crippen molar-refractivity contribution < 1.29 is 13.5 Å². The number of aromatic amines is 1. The molecule has 2 aromatic rings. The van der Waals surface area contributed by atoms with Crippen LogP contribution in [0.25, 0.3) is 0 Å². The zero-order chi connectivity index (χ0) is 13.0. The van der Waals surface area contributed by atoms with Crippen molar-refractivity contribution in [1.29, 1.82) is 0 Å². The standard InChI is InChI=1S/C9H13N5O3S/c15-6-8-5-11-13-9(8)18(16,17)12-2-4-14-3-1-10-7-14/h1,3,5,7,12,15H,2,4,6H2,(H,11,13). The summed E-state index contributed by atoms with van der Waals surface area (Å²) in [4.78, 5) is 3.85. The second-order valence-electron chi connectivity index (χ2n) is 3.58. The van der Waals surface area contributed by atoms with E-state index in [0.29, 0.717) is 6.54 Å². The van der Waals surface area contributed by atoms with E-state index < -0.39 is 10.0 Å². The van der Waals surface area contributed by atoms with Gasteiger partial charge in [-0.25, -0.2) is 18.1 Å². The van der Waals surface area contributed by atoms with Gasteiger partial charge in [0.15, 0.2) is 5.03 Å². The van der Waals surface area contributed by atoms with E-state index in [9.17, 15) is 8.42 Å². The number of nitrogens with zero attached hydrogens (tertiary/aromatic N) is 3. The number of aromatic nitrogens is 4. The van der Waals surface area contributed by atoms with E-state index in [1.165, 1.54) is 6.20 Å². The summed E-state index contributed by atoms with van der Waals surface area (Å²) < 4.78 is 27.9. The molecule has 2 rings (SSSR count). The van der Waals surface area contributed by atoms with Crippen molar-refractivity contribution in [2.24, 2.45) is 0 Å². The predicted molar refractivity (Wildman–Crippen MR) is 61.9 cm³/mol. The molecule has 3 N–H and O–H groups in total. The van der Waals surface area contributed by atoms with Crippen LogP contribution in [0.4, 0.5) is 0 Å². The molecule has 18 heavy (non-hydrogen) atoms. The van der Waals surface area contributed by atoms with E-state index in [-0.39, 0.29) is 23.7 Å². The first-order valence-electron chi connectivity index (χ1n) is 5.22. The minimum Gasteiger partial charge on any atom is -0.392 e. The highest BCUT2D eigenvalue weighted by Gasteiger charge is 2.19. The Morgan fingerprint density at radius 3 is 3.00 bits per heavy atom. The molecule has 0 amide bonds. The predicted octanol–water partition coefficient (Wildman–Crippen LogP) is -0.923. The van der Waals surface area contributed by atoms with Crippen molar-refractivity contribution in [2.75, 3.05) is 6.54 Å². The third-order valence-corrected chi connectivity index (χ3v) is 3.81. The van der Waals surface area contributed by atoms with Crippen LogP contribution in [0.3, 0.4) is 0 Å². The van der Waals surface area contributed by atoms with Crippen LogP contribution in [0.5, 0.6) is 0 Å². The molecule has 0 atom stereocenters. The van der Waals surface area contributed by atoms with Gasteiger partial charge in [0.1, 0.15) is 0 Å². The van der Waals surface area contributed by atoms with Gasteiger partial charge in [-0.1, -0.05) is 0 Å². The molecule has 2 aromatic heterocycles. The zero-order valence-corrected chi connectivity index (χ0v) is 10.3. The number of rotatable bonds is 6. The maximum atomic E-state index is 11.9. The minimum absolute atomic E-state index is 0.101. The van der Waals surface area contributed by atoms with E-state index in [4.69, 9.17) is 5.11 Å². The lowest BCUT2D eigenvalue weighted by molar-refractivity contribution is 0.278. The van der Waals surface area contributed by atoms with Crippen molar-refractivity contribution in [3.63, 3.8) is 0 Å². The molecule has 98 valence electrons. The van der Waals surface area contributed by atoms with Gasteiger partial charge in [0.05, 0.1) is 19.1 Å². The first-order valence-corrected chi connectivity index (χ1v) is 6.70. The number of imidazole rings is 1. The Bertz CT molecular complexity index is 590. The van der Waals surface area contributed by atoms with E-state index >= 15 is 0 Å². The molecule has 0 bridgehead atoms. The molecular formula is C9H13N5O3S. The summed E-state index contributed by atoms with van der Waals surface area (Å²) in [6, 6.07) is 0. The maximum Gasteiger partial charge on any atom is 0.257 e. The Kier molecular flexibility index (Phi) is 3.75. The van der Waals surface area contributed by atoms with E-state index in [1.807, 2.05) is 0 Å². The number of hydrogen-bond donors (Lipinski definition) is 3. The molecule has 0 radical (unpaired) electrons. The average molecular weight is 271 g/mol. The third kappa shape index (κ3) is 2.75. The Balaban J connectivity index is 1.99. The van der Waals surface area contributed by atoms with Crippen LogP contribution in [0.2, 0.25) is 0 Å². The molecule has 2 heterocycles. The summed E-state index contributed by atoms with van der Waals surface area (Å²) >= 11 is 0. The number of sulfonamides is 1. The largest absolute Gasteiger partial charge is 0.392 e. The molecule has 0 aliphatic carbocycles. The fourth-order valence-corrected chi connectivity index (χ4v) is 2.58. The van der Waals surface area contributed by atoms with Gasteiger partial charge < -0.3 is 9.67 Å². The Labute approximate surface area is 104 Å². The van der Waals surface area contributed by atoms with E-state index in [2.05, 4.69) is 19.9 Å². The van der Waals surface area contributed by atoms with Gasteiger partial charge >= 0.3 is 0 Å². The highest BCUT2D eigenvalue weighted by Crippen LogP contribution is 2.10. The van der Waals surface area contributed by atoms with Crippen molar-refractivity contribution in [3.05, 3.63) is 30.5 Å². The highest BCUT2D eigenvalue weighted by molar-refractivity contribution is 7.89. The maximum absolute atomic E-state index is 11.9. The van der Waals surface area contributed by atoms with Crippen LogP contribution in [0.1, 0.15) is 5.56 Å². The molecule has 0 fully saturated rings. The monoisotopic (exact) mass is 271 g/mol. The lowest BCUT2D eigenvalue weighted by Crippen LogP contribution is -2.28. The van der Waals surface area contributed by atoms with E-state index in [0.717, 1.165) is 0 Å². The second kappa shape index (κ2) is 5.29. The fraction of sp³-hybridized carbons (Fsp3) is 0.333. The second-order valence-corrected chi connectivity index (χ2v) is 5.28. The summed E-state index contributed by atoms with van der Waals surface area (Å²) in [5.74, 6) is 0. The van der Waals surface area contributed by atoms with E-state index in [1.54, 1.807) is 23.3 Å². The average Bonchev–Trinajstić information content (AvgIpc) is 2.99. The minimum atomic E-state index is -3.67. The van der Waals surface area contributed by atoms with Crippen LogP contribution in [-0.4, -0.2) is 39.8 Å². The van der Waals surface area contributed by atoms with Crippen LogP contribution in [0, 0.1) is 0 Å². The van der Waals surface area contributed by atoms with Gasteiger partial charge in [-0.2, -0.15) is 5.10 Å². The summed E-state index contributed by atoms with van der Waals surface area (Å²) in [6.07, 6.45) is 6.24. The quantitative estimate of drug-likeness (QED) is 0.628. The Hall–Kier alpha value is -1.71. The van der Waals surface area contributed by atoms with Crippen LogP contribution >= 0.6 is 0 Å². The Morgan fingerprint density at radius 1 is 1.50 bits per heavy atom. The molecule has 9 heteroatoms. The number of aliphatic hydroxyl groups is 1. The molecule has 0 saturated carbocycles. The molecule has 0 aliphatic rings. The first-order chi connectivity index (χ1) is 8.63. The third-order valence-electron chi connectivity index (χ3n) is 2.34. The van der Waals surface area contributed by atoms with Gasteiger partial charge in [0.2, 0.25) is 0 Å². The topological polar surface area (TPSA) is 113 Å². The molecule has 0 unspecified atom stereocenters. The molecule has 0 spiro atoms. The molecule has 0 saturated heterocycles. The molecule has 0 aliphatic heterocycles. The van der Waals surface area contributed by atoms with Crippen LogP contribution in [-0.2, 0) is 23.2 Å². The molecule has 0 aromatic carbocycles. The fourth-order valence-electron chi connectivity index (χ4n) is 1.44. The normalized spacial score (nSPS) is 11.8. The lowest BCUT2D eigenvalue weighted by Gasteiger charge is -2.06. The highest BCUT2D eigenvalue weighted by atomic mass is 32.2. The Morgan fingerprint density at radius 2 is 2.33 bits per heavy atom. The van der Waals surface area contributed by atoms with Gasteiger partial charge in [0.25, 0.3) is 10.0 Å². The smallest absolute Gasteiger partial charge is 0.257 e. The van der Waals surface area contributed by atoms with Crippen molar-refractivity contribution in [3.8, 4) is 0 Å².